The van der Waals surface area contributed by atoms with Crippen LogP contribution >= 0.6 is 0 Å². The number of rotatable bonds is 8. The molecule has 0 spiro atoms. The van der Waals surface area contributed by atoms with Crippen LogP contribution in [-0.2, 0) is 16.1 Å². The Morgan fingerprint density at radius 2 is 1.90 bits per heavy atom. The summed E-state index contributed by atoms with van der Waals surface area (Å²) in [6, 6.07) is 18.2. The number of hydrogen-bond acceptors (Lipinski definition) is 7. The number of fused-ring (bicyclic) bond motifs is 5. The van der Waals surface area contributed by atoms with Gasteiger partial charge in [-0.05, 0) is 90.0 Å². The van der Waals surface area contributed by atoms with Crippen LogP contribution in [0.5, 0.6) is 5.75 Å². The van der Waals surface area contributed by atoms with Crippen LogP contribution in [0, 0.1) is 11.8 Å². The lowest BCUT2D eigenvalue weighted by Gasteiger charge is -2.51. The number of benzene rings is 3. The van der Waals surface area contributed by atoms with E-state index in [-0.39, 0.29) is 12.6 Å². The molecule has 3 aliphatic rings. The van der Waals surface area contributed by atoms with Crippen LogP contribution in [-0.4, -0.2) is 46.1 Å². The standard InChI is InChI=1S/C34H32N2O5/c1-3-22-19-36-14-12-25(22)18-31(36)33(28-11-13-35-30-10-5-21(20-37)15-29(28)30)41-34(39)26-7-6-24-17-27(40-32(38)4-2)9-8-23(24)16-26/h3-11,13,15-17,22,25,31,33,37H,1-2,12,14,18-20H2/t22-,25?,31-,33?/m0/s1. The van der Waals surface area contributed by atoms with Crippen molar-refractivity contribution in [3.05, 3.63) is 109 Å². The number of ether oxygens (including phenoxy) is 2. The maximum absolute atomic E-state index is 13.8. The van der Waals surface area contributed by atoms with Crippen molar-refractivity contribution < 1.29 is 24.2 Å². The Morgan fingerprint density at radius 1 is 1.07 bits per heavy atom. The Balaban J connectivity index is 1.35. The minimum Gasteiger partial charge on any atom is -0.452 e. The molecule has 4 aromatic rings. The fourth-order valence-corrected chi connectivity index (χ4v) is 6.36. The zero-order valence-corrected chi connectivity index (χ0v) is 22.7. The van der Waals surface area contributed by atoms with Gasteiger partial charge in [0.15, 0.2) is 0 Å². The van der Waals surface area contributed by atoms with Gasteiger partial charge in [0.2, 0.25) is 0 Å². The molecule has 41 heavy (non-hydrogen) atoms. The van der Waals surface area contributed by atoms with E-state index in [0.29, 0.717) is 23.1 Å². The van der Waals surface area contributed by atoms with Crippen LogP contribution in [0.25, 0.3) is 21.7 Å². The quantitative estimate of drug-likeness (QED) is 0.129. The minimum absolute atomic E-state index is 0.0137. The topological polar surface area (TPSA) is 89.0 Å². The van der Waals surface area contributed by atoms with Gasteiger partial charge in [0, 0.05) is 29.8 Å². The highest BCUT2D eigenvalue weighted by atomic mass is 16.5. The van der Waals surface area contributed by atoms with Crippen LogP contribution in [0.3, 0.4) is 0 Å². The maximum Gasteiger partial charge on any atom is 0.338 e. The van der Waals surface area contributed by atoms with Gasteiger partial charge in [0.1, 0.15) is 11.9 Å². The monoisotopic (exact) mass is 548 g/mol. The SMILES string of the molecule is C=CC(=O)Oc1ccc2cc(C(=O)OC(c3ccnc4ccc(CO)cc34)[C@@H]3CC4CCN3C[C@@H]4C=C)ccc2c1. The molecule has 4 heterocycles. The summed E-state index contributed by atoms with van der Waals surface area (Å²) in [5.74, 6) is 0.392. The maximum atomic E-state index is 13.8. The van der Waals surface area contributed by atoms with Crippen LogP contribution in [0.15, 0.2) is 92.2 Å². The summed E-state index contributed by atoms with van der Waals surface area (Å²) in [5.41, 5.74) is 2.90. The third-order valence-corrected chi connectivity index (χ3v) is 8.50. The van der Waals surface area contributed by atoms with E-state index in [1.165, 1.54) is 0 Å². The fourth-order valence-electron chi connectivity index (χ4n) is 6.36. The predicted molar refractivity (Wildman–Crippen MR) is 157 cm³/mol. The van der Waals surface area contributed by atoms with Gasteiger partial charge in [0.05, 0.1) is 23.7 Å². The first kappa shape index (κ1) is 26.9. The highest BCUT2D eigenvalue weighted by Gasteiger charge is 2.44. The molecule has 7 nitrogen and oxygen atoms in total. The van der Waals surface area contributed by atoms with Crippen molar-refractivity contribution in [3.8, 4) is 5.75 Å². The van der Waals surface area contributed by atoms with E-state index in [2.05, 4.69) is 29.1 Å². The summed E-state index contributed by atoms with van der Waals surface area (Å²) in [6.07, 6.45) is 6.42. The zero-order chi connectivity index (χ0) is 28.5. The van der Waals surface area contributed by atoms with Gasteiger partial charge in [0.25, 0.3) is 0 Å². The summed E-state index contributed by atoms with van der Waals surface area (Å²) in [7, 11) is 0. The van der Waals surface area contributed by atoms with Crippen molar-refractivity contribution in [1.29, 1.82) is 0 Å². The molecule has 0 aliphatic carbocycles. The van der Waals surface area contributed by atoms with Crippen LogP contribution in [0.2, 0.25) is 0 Å². The van der Waals surface area contributed by atoms with Crippen molar-refractivity contribution in [2.45, 2.75) is 31.6 Å². The molecule has 2 bridgehead atoms. The summed E-state index contributed by atoms with van der Waals surface area (Å²) >= 11 is 0. The molecular formula is C34H32N2O5. The number of aliphatic hydroxyl groups is 1. The van der Waals surface area contributed by atoms with Crippen molar-refractivity contribution in [2.75, 3.05) is 13.1 Å². The van der Waals surface area contributed by atoms with E-state index in [1.54, 1.807) is 30.5 Å². The van der Waals surface area contributed by atoms with Gasteiger partial charge in [-0.3, -0.25) is 9.88 Å². The molecule has 0 saturated carbocycles. The highest BCUT2D eigenvalue weighted by Crippen LogP contribution is 2.44. The lowest BCUT2D eigenvalue weighted by atomic mass is 9.73. The first-order valence-electron chi connectivity index (χ1n) is 13.9. The van der Waals surface area contributed by atoms with Crippen molar-refractivity contribution in [3.63, 3.8) is 0 Å². The Kier molecular flexibility index (Phi) is 7.39. The first-order chi connectivity index (χ1) is 20.0. The number of pyridine rings is 1. The first-order valence-corrected chi connectivity index (χ1v) is 13.9. The van der Waals surface area contributed by atoms with Crippen molar-refractivity contribution >= 4 is 33.6 Å². The molecule has 3 saturated heterocycles. The summed E-state index contributed by atoms with van der Waals surface area (Å²) in [4.78, 5) is 32.3. The number of aliphatic hydroxyl groups excluding tert-OH is 1. The van der Waals surface area contributed by atoms with Gasteiger partial charge < -0.3 is 14.6 Å². The number of hydrogen-bond donors (Lipinski definition) is 1. The van der Waals surface area contributed by atoms with Crippen molar-refractivity contribution in [1.82, 2.24) is 9.88 Å². The largest absolute Gasteiger partial charge is 0.452 e. The molecule has 1 N–H and O–H groups in total. The Hall–Kier alpha value is -4.33. The van der Waals surface area contributed by atoms with Crippen LogP contribution in [0.4, 0.5) is 0 Å². The second kappa shape index (κ2) is 11.3. The van der Waals surface area contributed by atoms with Gasteiger partial charge in [-0.1, -0.05) is 30.9 Å². The number of esters is 2. The number of carbonyl (C=O) groups excluding carboxylic acids is 2. The highest BCUT2D eigenvalue weighted by molar-refractivity contribution is 5.96. The second-order valence-electron chi connectivity index (χ2n) is 10.8. The van der Waals surface area contributed by atoms with E-state index < -0.39 is 18.0 Å². The fraction of sp³-hybridized carbons (Fsp3) is 0.265. The van der Waals surface area contributed by atoms with Crippen molar-refractivity contribution in [2.24, 2.45) is 11.8 Å². The van der Waals surface area contributed by atoms with E-state index in [9.17, 15) is 14.7 Å². The predicted octanol–water partition coefficient (Wildman–Crippen LogP) is 5.77. The molecule has 208 valence electrons. The smallest absolute Gasteiger partial charge is 0.338 e. The number of piperidine rings is 3. The number of aromatic nitrogens is 1. The third-order valence-electron chi connectivity index (χ3n) is 8.50. The van der Waals surface area contributed by atoms with Gasteiger partial charge in [-0.25, -0.2) is 9.59 Å². The van der Waals surface area contributed by atoms with E-state index in [1.807, 2.05) is 36.4 Å². The molecule has 7 rings (SSSR count). The average Bonchev–Trinajstić information content (AvgIpc) is 3.02. The van der Waals surface area contributed by atoms with E-state index in [0.717, 1.165) is 64.8 Å². The lowest BCUT2D eigenvalue weighted by molar-refractivity contribution is -0.128. The van der Waals surface area contributed by atoms with Crippen LogP contribution < -0.4 is 4.74 Å². The molecule has 3 unspecified atom stereocenters. The Labute approximate surface area is 238 Å². The molecule has 3 fully saturated rings. The number of carbonyl (C=O) groups is 2. The van der Waals surface area contributed by atoms with Gasteiger partial charge in [-0.2, -0.15) is 0 Å². The lowest BCUT2D eigenvalue weighted by Crippen LogP contribution is -2.55. The van der Waals surface area contributed by atoms with Gasteiger partial charge in [-0.15, -0.1) is 6.58 Å². The molecule has 3 aromatic carbocycles. The summed E-state index contributed by atoms with van der Waals surface area (Å²) < 4.78 is 11.7. The second-order valence-corrected chi connectivity index (χ2v) is 10.8. The third kappa shape index (κ3) is 5.26. The normalized spacial score (nSPS) is 22.3. The molecule has 5 atom stereocenters. The Morgan fingerprint density at radius 3 is 2.66 bits per heavy atom. The molecule has 7 heteroatoms. The minimum atomic E-state index is -0.531. The van der Waals surface area contributed by atoms with E-state index in [4.69, 9.17) is 9.47 Å². The summed E-state index contributed by atoms with van der Waals surface area (Å²) in [5, 5.41) is 12.3. The molecule has 1 aromatic heterocycles. The molecule has 3 aliphatic heterocycles. The van der Waals surface area contributed by atoms with Gasteiger partial charge >= 0.3 is 11.9 Å². The zero-order valence-electron chi connectivity index (χ0n) is 22.7. The molecular weight excluding hydrogens is 516 g/mol. The van der Waals surface area contributed by atoms with Crippen LogP contribution in [0.1, 0.15) is 40.4 Å². The summed E-state index contributed by atoms with van der Waals surface area (Å²) in [6.45, 7) is 9.24. The average molecular weight is 549 g/mol. The molecule has 0 radical (unpaired) electrons. The number of nitrogens with zero attached hydrogens (tertiary/aromatic N) is 2. The Bertz CT molecular complexity index is 1660. The van der Waals surface area contributed by atoms with E-state index >= 15 is 0 Å². The molecule has 0 amide bonds.